The molecule has 0 bridgehead atoms. The molecule has 1 aliphatic rings. The van der Waals surface area contributed by atoms with Crippen molar-refractivity contribution in [1.82, 2.24) is 25.0 Å². The summed E-state index contributed by atoms with van der Waals surface area (Å²) >= 11 is 6.46. The molecule has 3 heterocycles. The lowest BCUT2D eigenvalue weighted by Crippen LogP contribution is -2.45. The van der Waals surface area contributed by atoms with Crippen LogP contribution in [0.2, 0.25) is 5.02 Å². The quantitative estimate of drug-likeness (QED) is 0.719. The van der Waals surface area contributed by atoms with Crippen LogP contribution in [-0.4, -0.2) is 39.3 Å². The number of nitrogens with zero attached hydrogens (tertiary/aromatic N) is 4. The number of piperazine rings is 1. The average Bonchev–Trinajstić information content (AvgIpc) is 3.04. The van der Waals surface area contributed by atoms with Crippen molar-refractivity contribution in [3.05, 3.63) is 76.8 Å². The largest absolute Gasteiger partial charge is 0.314 e. The third-order valence-corrected chi connectivity index (χ3v) is 5.26. The lowest BCUT2D eigenvalue weighted by Gasteiger charge is -2.36. The summed E-state index contributed by atoms with van der Waals surface area (Å²) in [6.45, 7) is 5.80. The van der Waals surface area contributed by atoms with Crippen LogP contribution >= 0.6 is 24.0 Å². The minimum atomic E-state index is 0. The maximum absolute atomic E-state index is 6.46. The molecular weight excluding hydrogens is 381 g/mol. The number of hydrogen-bond donors (Lipinski definition) is 1. The first kappa shape index (κ1) is 19.8. The van der Waals surface area contributed by atoms with Gasteiger partial charge in [0.15, 0.2) is 0 Å². The molecule has 0 spiro atoms. The maximum atomic E-state index is 6.46. The molecule has 1 unspecified atom stereocenters. The number of aryl methyl sites for hydroxylation is 1. The van der Waals surface area contributed by atoms with Gasteiger partial charge in [-0.2, -0.15) is 5.10 Å². The summed E-state index contributed by atoms with van der Waals surface area (Å²) in [7, 11) is 0. The molecule has 1 aliphatic heterocycles. The summed E-state index contributed by atoms with van der Waals surface area (Å²) in [5, 5.41) is 9.01. The second-order valence-corrected chi connectivity index (χ2v) is 7.01. The van der Waals surface area contributed by atoms with Crippen LogP contribution < -0.4 is 5.32 Å². The van der Waals surface area contributed by atoms with Gasteiger partial charge < -0.3 is 5.32 Å². The molecule has 0 radical (unpaired) electrons. The Kier molecular flexibility index (Phi) is 6.50. The molecule has 27 heavy (non-hydrogen) atoms. The molecule has 0 amide bonds. The smallest absolute Gasteiger partial charge is 0.0676 e. The molecule has 142 valence electrons. The van der Waals surface area contributed by atoms with Crippen LogP contribution in [-0.2, 0) is 6.54 Å². The summed E-state index contributed by atoms with van der Waals surface area (Å²) in [5.41, 5.74) is 4.50. The van der Waals surface area contributed by atoms with Crippen molar-refractivity contribution in [2.24, 2.45) is 0 Å². The van der Waals surface area contributed by atoms with E-state index in [1.165, 1.54) is 11.1 Å². The van der Waals surface area contributed by atoms with Gasteiger partial charge in [-0.1, -0.05) is 29.8 Å². The lowest BCUT2D eigenvalue weighted by atomic mass is 10.0. The van der Waals surface area contributed by atoms with Crippen LogP contribution in [0, 0.1) is 6.92 Å². The van der Waals surface area contributed by atoms with Crippen molar-refractivity contribution in [1.29, 1.82) is 0 Å². The van der Waals surface area contributed by atoms with E-state index in [9.17, 15) is 0 Å². The van der Waals surface area contributed by atoms with Gasteiger partial charge in [-0.15, -0.1) is 12.4 Å². The normalized spacial score (nSPS) is 17.5. The number of hydrogen-bond acceptors (Lipinski definition) is 4. The molecule has 7 heteroatoms. The van der Waals surface area contributed by atoms with Crippen LogP contribution in [0.15, 0.2) is 55.0 Å². The molecule has 4 rings (SSSR count). The van der Waals surface area contributed by atoms with E-state index in [1.807, 2.05) is 28.9 Å². The van der Waals surface area contributed by atoms with Gasteiger partial charge >= 0.3 is 0 Å². The SMILES string of the molecule is Cc1nn(-c2ccncc2)cc1CN1CCNCC1c1ccccc1Cl.Cl. The number of benzene rings is 1. The molecule has 1 aromatic carbocycles. The van der Waals surface area contributed by atoms with Gasteiger partial charge in [-0.25, -0.2) is 4.68 Å². The average molecular weight is 404 g/mol. The molecule has 3 aromatic rings. The summed E-state index contributed by atoms with van der Waals surface area (Å²) in [4.78, 5) is 6.56. The van der Waals surface area contributed by atoms with Gasteiger partial charge in [-0.3, -0.25) is 9.88 Å². The van der Waals surface area contributed by atoms with E-state index in [0.717, 1.165) is 42.6 Å². The highest BCUT2D eigenvalue weighted by atomic mass is 35.5. The van der Waals surface area contributed by atoms with E-state index < -0.39 is 0 Å². The maximum Gasteiger partial charge on any atom is 0.0676 e. The van der Waals surface area contributed by atoms with Crippen molar-refractivity contribution in [2.45, 2.75) is 19.5 Å². The number of halogens is 2. The summed E-state index contributed by atoms with van der Waals surface area (Å²) < 4.78 is 1.93. The minimum absolute atomic E-state index is 0. The lowest BCUT2D eigenvalue weighted by molar-refractivity contribution is 0.153. The van der Waals surface area contributed by atoms with E-state index in [-0.39, 0.29) is 18.4 Å². The first-order valence-electron chi connectivity index (χ1n) is 8.87. The van der Waals surface area contributed by atoms with Crippen LogP contribution in [0.25, 0.3) is 5.69 Å². The van der Waals surface area contributed by atoms with Crippen LogP contribution in [0.1, 0.15) is 22.9 Å². The van der Waals surface area contributed by atoms with E-state index in [4.69, 9.17) is 11.6 Å². The topological polar surface area (TPSA) is 46.0 Å². The predicted octanol–water partition coefficient (Wildman–Crippen LogP) is 3.80. The third-order valence-electron chi connectivity index (χ3n) is 4.92. The first-order valence-corrected chi connectivity index (χ1v) is 9.25. The van der Waals surface area contributed by atoms with Gasteiger partial charge in [0.2, 0.25) is 0 Å². The Balaban J connectivity index is 0.00000210. The van der Waals surface area contributed by atoms with Gasteiger partial charge in [-0.05, 0) is 30.7 Å². The highest BCUT2D eigenvalue weighted by Crippen LogP contribution is 2.30. The Hall–Kier alpha value is -1.92. The monoisotopic (exact) mass is 403 g/mol. The standard InChI is InChI=1S/C20H22ClN5.ClH/c1-15-16(14-26(24-15)17-6-8-22-9-7-17)13-25-11-10-23-12-20(25)18-4-2-3-5-19(18)21;/h2-9,14,20,23H,10-13H2,1H3;1H. The zero-order valence-electron chi connectivity index (χ0n) is 15.2. The van der Waals surface area contributed by atoms with Gasteiger partial charge in [0.25, 0.3) is 0 Å². The summed E-state index contributed by atoms with van der Waals surface area (Å²) in [5.74, 6) is 0. The molecule has 5 nitrogen and oxygen atoms in total. The third kappa shape index (κ3) is 4.33. The number of pyridine rings is 1. The fourth-order valence-corrected chi connectivity index (χ4v) is 3.75. The molecule has 1 atom stereocenters. The van der Waals surface area contributed by atoms with E-state index in [0.29, 0.717) is 0 Å². The number of nitrogens with one attached hydrogen (secondary N) is 1. The highest BCUT2D eigenvalue weighted by molar-refractivity contribution is 6.31. The molecule has 0 aliphatic carbocycles. The molecule has 1 N–H and O–H groups in total. The zero-order valence-corrected chi connectivity index (χ0v) is 16.7. The van der Waals surface area contributed by atoms with Crippen LogP contribution in [0.5, 0.6) is 0 Å². The Morgan fingerprint density at radius 2 is 1.96 bits per heavy atom. The van der Waals surface area contributed by atoms with Gasteiger partial charge in [0, 0.05) is 61.4 Å². The van der Waals surface area contributed by atoms with E-state index in [1.54, 1.807) is 12.4 Å². The second-order valence-electron chi connectivity index (χ2n) is 6.60. The minimum Gasteiger partial charge on any atom is -0.314 e. The van der Waals surface area contributed by atoms with Gasteiger partial charge in [0.1, 0.15) is 0 Å². The molecule has 1 saturated heterocycles. The molecule has 1 fully saturated rings. The molecular formula is C20H23Cl2N5. The van der Waals surface area contributed by atoms with Crippen LogP contribution in [0.3, 0.4) is 0 Å². The Labute approximate surface area is 170 Å². The summed E-state index contributed by atoms with van der Waals surface area (Å²) in [6.07, 6.45) is 5.70. The first-order chi connectivity index (χ1) is 12.7. The van der Waals surface area contributed by atoms with Gasteiger partial charge in [0.05, 0.1) is 11.4 Å². The van der Waals surface area contributed by atoms with Crippen LogP contribution in [0.4, 0.5) is 0 Å². The van der Waals surface area contributed by atoms with E-state index >= 15 is 0 Å². The zero-order chi connectivity index (χ0) is 17.9. The van der Waals surface area contributed by atoms with Crippen molar-refractivity contribution in [3.63, 3.8) is 0 Å². The molecule has 2 aromatic heterocycles. The molecule has 0 saturated carbocycles. The van der Waals surface area contributed by atoms with E-state index in [2.05, 4.69) is 45.6 Å². The van der Waals surface area contributed by atoms with Crippen molar-refractivity contribution < 1.29 is 0 Å². The van der Waals surface area contributed by atoms with Crippen molar-refractivity contribution in [2.75, 3.05) is 19.6 Å². The number of rotatable bonds is 4. The summed E-state index contributed by atoms with van der Waals surface area (Å²) in [6, 6.07) is 12.3. The fraction of sp³-hybridized carbons (Fsp3) is 0.300. The Morgan fingerprint density at radius 1 is 1.19 bits per heavy atom. The Morgan fingerprint density at radius 3 is 2.74 bits per heavy atom. The fourth-order valence-electron chi connectivity index (χ4n) is 3.49. The second kappa shape index (κ2) is 8.85. The van der Waals surface area contributed by atoms with Crippen molar-refractivity contribution in [3.8, 4) is 5.69 Å². The highest BCUT2D eigenvalue weighted by Gasteiger charge is 2.26. The van der Waals surface area contributed by atoms with Crippen molar-refractivity contribution >= 4 is 24.0 Å². The Bertz CT molecular complexity index is 881. The number of aromatic nitrogens is 3. The predicted molar refractivity (Wildman–Crippen MR) is 111 cm³/mol.